The van der Waals surface area contributed by atoms with Gasteiger partial charge in [-0.15, -0.1) is 0 Å². The Bertz CT molecular complexity index is 402. The Hall–Kier alpha value is -1.90. The fourth-order valence-electron chi connectivity index (χ4n) is 1.12. The molecule has 1 rings (SSSR count). The number of hydrogen-bond acceptors (Lipinski definition) is 4. The van der Waals surface area contributed by atoms with Gasteiger partial charge in [-0.3, -0.25) is 4.98 Å². The zero-order valence-corrected chi connectivity index (χ0v) is 7.87. The van der Waals surface area contributed by atoms with Gasteiger partial charge in [0, 0.05) is 0 Å². The number of nitrogens with zero attached hydrogens (tertiary/aromatic N) is 2. The van der Waals surface area contributed by atoms with E-state index in [1.807, 2.05) is 0 Å². The molecule has 6 heteroatoms. The van der Waals surface area contributed by atoms with Crippen molar-refractivity contribution in [1.82, 2.24) is 4.98 Å². The minimum atomic E-state index is -2.87. The summed E-state index contributed by atoms with van der Waals surface area (Å²) in [7, 11) is 1.20. The molecule has 1 aromatic heterocycles. The first kappa shape index (κ1) is 11.2. The molecule has 0 radical (unpaired) electrons. The van der Waals surface area contributed by atoms with Crippen molar-refractivity contribution in [3.63, 3.8) is 0 Å². The van der Waals surface area contributed by atoms with E-state index in [2.05, 4.69) is 9.72 Å². The van der Waals surface area contributed by atoms with Crippen LogP contribution in [0.3, 0.4) is 0 Å². The van der Waals surface area contributed by atoms with E-state index in [1.54, 1.807) is 6.07 Å². The highest BCUT2D eigenvalue weighted by Crippen LogP contribution is 2.37. The Kier molecular flexibility index (Phi) is 3.39. The summed E-state index contributed by atoms with van der Waals surface area (Å²) in [6.07, 6.45) is -2.04. The summed E-state index contributed by atoms with van der Waals surface area (Å²) in [4.78, 5) is 3.65. The van der Waals surface area contributed by atoms with Crippen molar-refractivity contribution in [2.24, 2.45) is 0 Å². The van der Waals surface area contributed by atoms with Crippen molar-refractivity contribution >= 4 is 0 Å². The first-order chi connectivity index (χ1) is 7.11. The number of hydrogen-bond donors (Lipinski definition) is 1. The molecule has 1 aromatic rings. The van der Waals surface area contributed by atoms with Crippen LogP contribution in [-0.2, 0) is 6.42 Å². The van der Waals surface area contributed by atoms with Crippen molar-refractivity contribution in [3.05, 3.63) is 17.5 Å². The standard InChI is InChI=1S/C9H8F2N2O2/c1-15-6-4-13-5(2-3-12)8(14)7(6)9(10)11/h4,9,14H,2H2,1H3. The van der Waals surface area contributed by atoms with Gasteiger partial charge >= 0.3 is 0 Å². The molecule has 1 N–H and O–H groups in total. The zero-order valence-electron chi connectivity index (χ0n) is 7.87. The number of ether oxygens (including phenoxy) is 1. The molecular formula is C9H8F2N2O2. The van der Waals surface area contributed by atoms with E-state index >= 15 is 0 Å². The highest BCUT2D eigenvalue weighted by Gasteiger charge is 2.22. The lowest BCUT2D eigenvalue weighted by Gasteiger charge is -2.10. The highest BCUT2D eigenvalue weighted by atomic mass is 19.3. The summed E-state index contributed by atoms with van der Waals surface area (Å²) < 4.78 is 29.7. The second-order valence-electron chi connectivity index (χ2n) is 2.67. The highest BCUT2D eigenvalue weighted by molar-refractivity contribution is 5.46. The number of aromatic nitrogens is 1. The lowest BCUT2D eigenvalue weighted by atomic mass is 10.1. The summed E-state index contributed by atoms with van der Waals surface area (Å²) in [5.74, 6) is -0.866. The molecule has 0 aliphatic carbocycles. The molecule has 15 heavy (non-hydrogen) atoms. The summed E-state index contributed by atoms with van der Waals surface area (Å²) >= 11 is 0. The van der Waals surface area contributed by atoms with E-state index in [4.69, 9.17) is 5.26 Å². The van der Waals surface area contributed by atoms with Crippen LogP contribution < -0.4 is 4.74 Å². The molecular weight excluding hydrogens is 206 g/mol. The Morgan fingerprint density at radius 1 is 1.67 bits per heavy atom. The molecule has 0 atom stereocenters. The summed E-state index contributed by atoms with van der Waals surface area (Å²) in [5.41, 5.74) is -0.702. The fourth-order valence-corrected chi connectivity index (χ4v) is 1.12. The van der Waals surface area contributed by atoms with Crippen LogP contribution in [-0.4, -0.2) is 17.2 Å². The molecule has 80 valence electrons. The third-order valence-corrected chi connectivity index (χ3v) is 1.82. The first-order valence-electron chi connectivity index (χ1n) is 4.01. The van der Waals surface area contributed by atoms with Gasteiger partial charge in [0.2, 0.25) is 0 Å². The van der Waals surface area contributed by atoms with Crippen molar-refractivity contribution in [1.29, 1.82) is 5.26 Å². The number of rotatable bonds is 3. The number of nitriles is 1. The van der Waals surface area contributed by atoms with Crippen molar-refractivity contribution in [2.45, 2.75) is 12.8 Å². The number of methoxy groups -OCH3 is 1. The molecule has 0 spiro atoms. The molecule has 4 nitrogen and oxygen atoms in total. The average molecular weight is 214 g/mol. The Morgan fingerprint density at radius 2 is 2.33 bits per heavy atom. The van der Waals surface area contributed by atoms with Gasteiger partial charge in [-0.2, -0.15) is 5.26 Å². The van der Waals surface area contributed by atoms with Gasteiger partial charge in [0.15, 0.2) is 5.75 Å². The number of aromatic hydroxyl groups is 1. The van der Waals surface area contributed by atoms with Gasteiger partial charge in [0.25, 0.3) is 6.43 Å². The third-order valence-electron chi connectivity index (χ3n) is 1.82. The molecule has 0 saturated carbocycles. The molecule has 0 aliphatic heterocycles. The summed E-state index contributed by atoms with van der Waals surface area (Å²) in [6, 6.07) is 1.72. The predicted octanol–water partition coefficient (Wildman–Crippen LogP) is 1.80. The van der Waals surface area contributed by atoms with E-state index in [-0.39, 0.29) is 17.9 Å². The maximum absolute atomic E-state index is 12.5. The van der Waals surface area contributed by atoms with Crippen LogP contribution in [0, 0.1) is 11.3 Å². The van der Waals surface area contributed by atoms with Crippen molar-refractivity contribution in [3.8, 4) is 17.6 Å². The average Bonchev–Trinajstić information content (AvgIpc) is 2.20. The minimum Gasteiger partial charge on any atom is -0.505 e. The van der Waals surface area contributed by atoms with Crippen LogP contribution in [0.15, 0.2) is 6.20 Å². The lowest BCUT2D eigenvalue weighted by Crippen LogP contribution is -1.99. The molecule has 0 aromatic carbocycles. The second kappa shape index (κ2) is 4.55. The number of alkyl halides is 2. The van der Waals surface area contributed by atoms with Crippen molar-refractivity contribution in [2.75, 3.05) is 7.11 Å². The minimum absolute atomic E-state index is 0.0754. The maximum atomic E-state index is 12.5. The van der Waals surface area contributed by atoms with Crippen LogP contribution in [0.5, 0.6) is 11.5 Å². The summed E-state index contributed by atoms with van der Waals surface area (Å²) in [5, 5.41) is 17.8. The van der Waals surface area contributed by atoms with E-state index in [9.17, 15) is 13.9 Å². The van der Waals surface area contributed by atoms with Gasteiger partial charge in [-0.1, -0.05) is 0 Å². The quantitative estimate of drug-likeness (QED) is 0.833. The molecule has 0 unspecified atom stereocenters. The Balaban J connectivity index is 3.30. The SMILES string of the molecule is COc1cnc(CC#N)c(O)c1C(F)F. The largest absolute Gasteiger partial charge is 0.505 e. The normalized spacial score (nSPS) is 10.1. The van der Waals surface area contributed by atoms with E-state index in [0.717, 1.165) is 6.20 Å². The van der Waals surface area contributed by atoms with Gasteiger partial charge in [-0.25, -0.2) is 8.78 Å². The van der Waals surface area contributed by atoms with Gasteiger partial charge in [-0.05, 0) is 0 Å². The van der Waals surface area contributed by atoms with E-state index in [0.29, 0.717) is 0 Å². The second-order valence-corrected chi connectivity index (χ2v) is 2.67. The monoisotopic (exact) mass is 214 g/mol. The molecule has 0 amide bonds. The van der Waals surface area contributed by atoms with Gasteiger partial charge in [0.1, 0.15) is 11.3 Å². The van der Waals surface area contributed by atoms with Crippen LogP contribution in [0.25, 0.3) is 0 Å². The molecule has 0 saturated heterocycles. The Labute approximate surface area is 84.7 Å². The molecule has 1 heterocycles. The smallest absolute Gasteiger partial charge is 0.271 e. The lowest BCUT2D eigenvalue weighted by molar-refractivity contribution is 0.142. The zero-order chi connectivity index (χ0) is 11.4. The molecule has 0 aliphatic rings. The van der Waals surface area contributed by atoms with Crippen LogP contribution in [0.4, 0.5) is 8.78 Å². The van der Waals surface area contributed by atoms with E-state index < -0.39 is 17.7 Å². The molecule has 0 bridgehead atoms. The van der Waals surface area contributed by atoms with Gasteiger partial charge in [0.05, 0.1) is 31.5 Å². The fraction of sp³-hybridized carbons (Fsp3) is 0.333. The number of pyridine rings is 1. The molecule has 0 fully saturated rings. The van der Waals surface area contributed by atoms with Crippen molar-refractivity contribution < 1.29 is 18.6 Å². The maximum Gasteiger partial charge on any atom is 0.271 e. The Morgan fingerprint density at radius 3 is 2.80 bits per heavy atom. The summed E-state index contributed by atoms with van der Waals surface area (Å²) in [6.45, 7) is 0. The first-order valence-corrected chi connectivity index (χ1v) is 4.01. The van der Waals surface area contributed by atoms with E-state index in [1.165, 1.54) is 7.11 Å². The topological polar surface area (TPSA) is 66.1 Å². The van der Waals surface area contributed by atoms with Crippen LogP contribution >= 0.6 is 0 Å². The third kappa shape index (κ3) is 2.13. The predicted molar refractivity (Wildman–Crippen MR) is 46.7 cm³/mol. The van der Waals surface area contributed by atoms with Crippen LogP contribution in [0.2, 0.25) is 0 Å². The van der Waals surface area contributed by atoms with Gasteiger partial charge < -0.3 is 9.84 Å². The number of halogens is 2. The van der Waals surface area contributed by atoms with Crippen LogP contribution in [0.1, 0.15) is 17.7 Å².